The monoisotopic (exact) mass is 308 g/mol. The molecule has 1 aromatic rings. The number of nitrogens with zero attached hydrogens (tertiary/aromatic N) is 4. The van der Waals surface area contributed by atoms with E-state index >= 15 is 0 Å². The van der Waals surface area contributed by atoms with E-state index in [0.717, 1.165) is 38.2 Å². The van der Waals surface area contributed by atoms with Crippen LogP contribution in [0.1, 0.15) is 37.9 Å². The number of rotatable bonds is 4. The molecule has 0 bridgehead atoms. The van der Waals surface area contributed by atoms with Crippen molar-refractivity contribution in [2.45, 2.75) is 57.8 Å². The Kier molecular flexibility index (Phi) is 4.44. The molecule has 22 heavy (non-hydrogen) atoms. The van der Waals surface area contributed by atoms with E-state index in [9.17, 15) is 4.79 Å². The lowest BCUT2D eigenvalue weighted by Crippen LogP contribution is -2.51. The summed E-state index contributed by atoms with van der Waals surface area (Å²) < 4.78 is 10.3. The maximum absolute atomic E-state index is 11.9. The van der Waals surface area contributed by atoms with Crippen molar-refractivity contribution in [3.63, 3.8) is 0 Å². The maximum atomic E-state index is 11.9. The zero-order valence-corrected chi connectivity index (χ0v) is 13.5. The Hall–Kier alpha value is -1.47. The van der Waals surface area contributed by atoms with Gasteiger partial charge in [-0.3, -0.25) is 14.6 Å². The van der Waals surface area contributed by atoms with Gasteiger partial charge in [0.15, 0.2) is 5.82 Å². The molecule has 7 heteroatoms. The van der Waals surface area contributed by atoms with Gasteiger partial charge in [-0.25, -0.2) is 0 Å². The molecule has 0 aromatic carbocycles. The summed E-state index contributed by atoms with van der Waals surface area (Å²) in [6, 6.07) is 0.261. The second-order valence-corrected chi connectivity index (χ2v) is 6.43. The predicted molar refractivity (Wildman–Crippen MR) is 79.1 cm³/mol. The molecular formula is C15H24N4O3. The van der Waals surface area contributed by atoms with Crippen molar-refractivity contribution in [3.05, 3.63) is 11.7 Å². The Morgan fingerprint density at radius 2 is 2.27 bits per heavy atom. The minimum atomic E-state index is -0.104. The lowest BCUT2D eigenvalue weighted by atomic mass is 10.0. The quantitative estimate of drug-likeness (QED) is 0.768. The zero-order valence-electron chi connectivity index (χ0n) is 13.5. The Bertz CT molecular complexity index is 533. The number of likely N-dealkylation sites (tertiary alicyclic amines) is 1. The summed E-state index contributed by atoms with van der Waals surface area (Å²) >= 11 is 0. The van der Waals surface area contributed by atoms with E-state index in [4.69, 9.17) is 9.26 Å². The summed E-state index contributed by atoms with van der Waals surface area (Å²) in [6.45, 7) is 6.41. The van der Waals surface area contributed by atoms with Gasteiger partial charge in [-0.05, 0) is 33.4 Å². The average Bonchev–Trinajstić information content (AvgIpc) is 3.04. The van der Waals surface area contributed by atoms with Crippen molar-refractivity contribution >= 4 is 5.97 Å². The smallest absolute Gasteiger partial charge is 0.323 e. The molecule has 1 aromatic heterocycles. The van der Waals surface area contributed by atoms with Crippen LogP contribution in [0.4, 0.5) is 0 Å². The van der Waals surface area contributed by atoms with E-state index < -0.39 is 0 Å². The lowest BCUT2D eigenvalue weighted by molar-refractivity contribution is -0.145. The van der Waals surface area contributed by atoms with E-state index in [0.29, 0.717) is 18.5 Å². The number of carbonyl (C=O) groups is 1. The summed E-state index contributed by atoms with van der Waals surface area (Å²) in [5.74, 6) is 1.25. The first kappa shape index (κ1) is 15.4. The molecule has 0 N–H and O–H groups in total. The lowest BCUT2D eigenvalue weighted by Gasteiger charge is -2.38. The van der Waals surface area contributed by atoms with Crippen LogP contribution in [0.3, 0.4) is 0 Å². The summed E-state index contributed by atoms with van der Waals surface area (Å²) in [5, 5.41) is 3.96. The van der Waals surface area contributed by atoms with Crippen molar-refractivity contribution in [2.24, 2.45) is 0 Å². The minimum Gasteiger partial charge on any atom is -0.461 e. The normalized spacial score (nSPS) is 30.0. The van der Waals surface area contributed by atoms with Crippen molar-refractivity contribution < 1.29 is 14.1 Å². The van der Waals surface area contributed by atoms with Gasteiger partial charge >= 0.3 is 5.97 Å². The van der Waals surface area contributed by atoms with Gasteiger partial charge in [0.1, 0.15) is 12.1 Å². The summed E-state index contributed by atoms with van der Waals surface area (Å²) in [7, 11) is 2.04. The van der Waals surface area contributed by atoms with Gasteiger partial charge < -0.3 is 9.26 Å². The van der Waals surface area contributed by atoms with Gasteiger partial charge in [-0.2, -0.15) is 4.98 Å². The van der Waals surface area contributed by atoms with Crippen LogP contribution < -0.4 is 0 Å². The van der Waals surface area contributed by atoms with Crippen molar-refractivity contribution in [2.75, 3.05) is 20.1 Å². The number of likely N-dealkylation sites (N-methyl/N-ethyl adjacent to an activating group) is 1. The van der Waals surface area contributed by atoms with Crippen LogP contribution in [-0.2, 0) is 16.1 Å². The molecule has 3 heterocycles. The van der Waals surface area contributed by atoms with Gasteiger partial charge in [0, 0.05) is 25.9 Å². The number of hydrogen-bond donors (Lipinski definition) is 0. The second-order valence-electron chi connectivity index (χ2n) is 6.43. The van der Waals surface area contributed by atoms with E-state index in [2.05, 4.69) is 19.9 Å². The van der Waals surface area contributed by atoms with E-state index in [1.54, 1.807) is 6.92 Å². The highest BCUT2D eigenvalue weighted by molar-refractivity contribution is 5.78. The number of aromatic nitrogens is 2. The number of piperidine rings is 1. The molecule has 3 atom stereocenters. The van der Waals surface area contributed by atoms with E-state index in [1.807, 2.05) is 14.0 Å². The van der Waals surface area contributed by atoms with Crippen LogP contribution in [0, 0.1) is 6.92 Å². The van der Waals surface area contributed by atoms with Crippen LogP contribution >= 0.6 is 0 Å². The molecule has 0 radical (unpaired) electrons. The number of aryl methyl sites for hydroxylation is 1. The maximum Gasteiger partial charge on any atom is 0.323 e. The largest absolute Gasteiger partial charge is 0.461 e. The molecule has 2 aliphatic heterocycles. The Labute approximate surface area is 130 Å². The fraction of sp³-hybridized carbons (Fsp3) is 0.800. The van der Waals surface area contributed by atoms with Crippen molar-refractivity contribution in [3.8, 4) is 0 Å². The molecule has 0 amide bonds. The molecular weight excluding hydrogens is 284 g/mol. The van der Waals surface area contributed by atoms with Crippen molar-refractivity contribution in [1.82, 2.24) is 19.9 Å². The molecule has 7 nitrogen and oxygen atoms in total. The minimum absolute atomic E-state index is 0.0296. The average molecular weight is 308 g/mol. The number of hydrogen-bond acceptors (Lipinski definition) is 7. The van der Waals surface area contributed by atoms with Crippen LogP contribution in [0.2, 0.25) is 0 Å². The summed E-state index contributed by atoms with van der Waals surface area (Å²) in [5.41, 5.74) is 0. The molecule has 2 fully saturated rings. The molecule has 3 unspecified atom stereocenters. The van der Waals surface area contributed by atoms with Gasteiger partial charge in [0.2, 0.25) is 5.89 Å². The first-order valence-electron chi connectivity index (χ1n) is 7.97. The standard InChI is InChI=1S/C15H24N4O3/c1-10-7-13(15(20)21-10)18(3)12-5-4-6-19(8-12)9-14-16-11(2)22-17-14/h10,12-13H,4-9H2,1-3H3. The summed E-state index contributed by atoms with van der Waals surface area (Å²) in [6.07, 6.45) is 3.04. The molecule has 0 aliphatic carbocycles. The van der Waals surface area contributed by atoms with Gasteiger partial charge in [0.05, 0.1) is 6.54 Å². The SMILES string of the molecule is Cc1nc(CN2CCCC(N(C)C3CC(C)OC3=O)C2)no1. The van der Waals surface area contributed by atoms with Crippen molar-refractivity contribution in [1.29, 1.82) is 0 Å². The number of cyclic esters (lactones) is 1. The van der Waals surface area contributed by atoms with E-state index in [-0.39, 0.29) is 18.1 Å². The molecule has 2 aliphatic rings. The molecule has 3 rings (SSSR count). The fourth-order valence-corrected chi connectivity index (χ4v) is 3.44. The highest BCUT2D eigenvalue weighted by Crippen LogP contribution is 2.24. The first-order chi connectivity index (χ1) is 10.5. The molecule has 2 saturated heterocycles. The number of esters is 1. The van der Waals surface area contributed by atoms with Gasteiger partial charge in [-0.15, -0.1) is 0 Å². The zero-order chi connectivity index (χ0) is 15.7. The fourth-order valence-electron chi connectivity index (χ4n) is 3.44. The molecule has 0 saturated carbocycles. The Morgan fingerprint density at radius 3 is 2.91 bits per heavy atom. The highest BCUT2D eigenvalue weighted by atomic mass is 16.6. The topological polar surface area (TPSA) is 71.7 Å². The molecule has 0 spiro atoms. The van der Waals surface area contributed by atoms with Crippen LogP contribution in [-0.4, -0.2) is 64.2 Å². The van der Waals surface area contributed by atoms with Gasteiger partial charge in [-0.1, -0.05) is 5.16 Å². The third-order valence-electron chi connectivity index (χ3n) is 4.63. The first-order valence-corrected chi connectivity index (χ1v) is 7.97. The Balaban J connectivity index is 1.59. The third kappa shape index (κ3) is 3.30. The predicted octanol–water partition coefficient (Wildman–Crippen LogP) is 0.978. The number of ether oxygens (including phenoxy) is 1. The Morgan fingerprint density at radius 1 is 1.45 bits per heavy atom. The summed E-state index contributed by atoms with van der Waals surface area (Å²) in [4.78, 5) is 20.7. The van der Waals surface area contributed by atoms with Crippen LogP contribution in [0.15, 0.2) is 4.52 Å². The molecule has 122 valence electrons. The van der Waals surface area contributed by atoms with E-state index in [1.165, 1.54) is 0 Å². The third-order valence-corrected chi connectivity index (χ3v) is 4.63. The highest BCUT2D eigenvalue weighted by Gasteiger charge is 2.38. The second kappa shape index (κ2) is 6.34. The van der Waals surface area contributed by atoms with Crippen LogP contribution in [0.25, 0.3) is 0 Å². The van der Waals surface area contributed by atoms with Gasteiger partial charge in [0.25, 0.3) is 0 Å². The number of carbonyl (C=O) groups excluding carboxylic acids is 1. The van der Waals surface area contributed by atoms with Crippen LogP contribution in [0.5, 0.6) is 0 Å².